The zero-order chi connectivity index (χ0) is 18.2. The molecule has 1 amide bonds. The molecule has 0 spiro atoms. The fourth-order valence-corrected chi connectivity index (χ4v) is 2.83. The summed E-state index contributed by atoms with van der Waals surface area (Å²) in [6.45, 7) is 4.10. The molecule has 132 valence electrons. The van der Waals surface area contributed by atoms with Crippen LogP contribution >= 0.6 is 0 Å². The number of methoxy groups -OCH3 is 1. The highest BCUT2D eigenvalue weighted by Gasteiger charge is 2.26. The van der Waals surface area contributed by atoms with Gasteiger partial charge >= 0.3 is 5.97 Å². The Hall–Kier alpha value is -2.62. The van der Waals surface area contributed by atoms with Gasteiger partial charge in [-0.2, -0.15) is 0 Å². The minimum Gasteiger partial charge on any atom is -0.469 e. The molecule has 4 heteroatoms. The van der Waals surface area contributed by atoms with Crippen LogP contribution in [0, 0.1) is 5.92 Å². The number of carbonyl (C=O) groups excluding carboxylic acids is 2. The van der Waals surface area contributed by atoms with Gasteiger partial charge in [-0.05, 0) is 18.1 Å². The monoisotopic (exact) mass is 339 g/mol. The Balaban J connectivity index is 2.21. The number of carbonyl (C=O) groups is 2. The van der Waals surface area contributed by atoms with Gasteiger partial charge in [0.1, 0.15) is 0 Å². The summed E-state index contributed by atoms with van der Waals surface area (Å²) < 4.78 is 4.82. The molecule has 2 aromatic rings. The molecule has 0 fully saturated rings. The Labute approximate surface area is 149 Å². The molecule has 0 aliphatic heterocycles. The summed E-state index contributed by atoms with van der Waals surface area (Å²) in [6, 6.07) is 19.4. The minimum atomic E-state index is -0.379. The summed E-state index contributed by atoms with van der Waals surface area (Å²) in [7, 11) is 1.37. The molecule has 25 heavy (non-hydrogen) atoms. The van der Waals surface area contributed by atoms with Gasteiger partial charge < -0.3 is 9.64 Å². The first-order valence-electron chi connectivity index (χ1n) is 8.49. The van der Waals surface area contributed by atoms with Crippen LogP contribution in [-0.2, 0) is 20.7 Å². The first-order valence-corrected chi connectivity index (χ1v) is 8.49. The van der Waals surface area contributed by atoms with Crippen molar-refractivity contribution < 1.29 is 14.3 Å². The van der Waals surface area contributed by atoms with E-state index in [0.717, 1.165) is 11.1 Å². The summed E-state index contributed by atoms with van der Waals surface area (Å²) in [6.07, 6.45) is 0.311. The number of benzene rings is 2. The second-order valence-electron chi connectivity index (χ2n) is 6.22. The van der Waals surface area contributed by atoms with Crippen LogP contribution in [0.15, 0.2) is 60.7 Å². The van der Waals surface area contributed by atoms with E-state index in [1.54, 1.807) is 11.8 Å². The maximum absolute atomic E-state index is 12.9. The van der Waals surface area contributed by atoms with Crippen LogP contribution in [0.3, 0.4) is 0 Å². The lowest BCUT2D eigenvalue weighted by Gasteiger charge is -2.31. The number of hydrogen-bond acceptors (Lipinski definition) is 3. The predicted octanol–water partition coefficient (Wildman–Crippen LogP) is 3.63. The third-order valence-electron chi connectivity index (χ3n) is 4.34. The molecule has 0 saturated heterocycles. The Morgan fingerprint density at radius 1 is 0.960 bits per heavy atom. The van der Waals surface area contributed by atoms with Crippen molar-refractivity contribution in [2.24, 2.45) is 5.92 Å². The number of esters is 1. The van der Waals surface area contributed by atoms with Gasteiger partial charge in [-0.25, -0.2) is 0 Å². The highest BCUT2D eigenvalue weighted by molar-refractivity contribution is 5.80. The highest BCUT2D eigenvalue weighted by Crippen LogP contribution is 2.22. The quantitative estimate of drug-likeness (QED) is 0.724. The standard InChI is InChI=1S/C21H25NO3/c1-16(21(24)25-3)15-22(17(2)19-12-8-5-9-13-19)20(23)14-18-10-6-4-7-11-18/h4-13,16-17H,14-15H2,1-3H3. The fraction of sp³-hybridized carbons (Fsp3) is 0.333. The van der Waals surface area contributed by atoms with Crippen LogP contribution < -0.4 is 0 Å². The van der Waals surface area contributed by atoms with Crippen molar-refractivity contribution in [1.82, 2.24) is 4.90 Å². The van der Waals surface area contributed by atoms with Crippen LogP contribution in [0.25, 0.3) is 0 Å². The average molecular weight is 339 g/mol. The number of rotatable bonds is 7. The third-order valence-corrected chi connectivity index (χ3v) is 4.34. The average Bonchev–Trinajstić information content (AvgIpc) is 2.66. The van der Waals surface area contributed by atoms with Crippen LogP contribution in [0.5, 0.6) is 0 Å². The van der Waals surface area contributed by atoms with Crippen molar-refractivity contribution in [2.75, 3.05) is 13.7 Å². The summed E-state index contributed by atoms with van der Waals surface area (Å²) in [5.41, 5.74) is 2.00. The van der Waals surface area contributed by atoms with E-state index in [1.807, 2.05) is 67.6 Å². The molecule has 2 aromatic carbocycles. The zero-order valence-corrected chi connectivity index (χ0v) is 15.0. The van der Waals surface area contributed by atoms with Crippen molar-refractivity contribution in [2.45, 2.75) is 26.3 Å². The number of ether oxygens (including phenoxy) is 1. The lowest BCUT2D eigenvalue weighted by atomic mass is 10.0. The summed E-state index contributed by atoms with van der Waals surface area (Å²) in [5, 5.41) is 0. The lowest BCUT2D eigenvalue weighted by Crippen LogP contribution is -2.39. The number of nitrogens with zero attached hydrogens (tertiary/aromatic N) is 1. The highest BCUT2D eigenvalue weighted by atomic mass is 16.5. The Morgan fingerprint density at radius 2 is 1.52 bits per heavy atom. The third kappa shape index (κ3) is 5.18. The molecule has 0 bridgehead atoms. The molecule has 0 aromatic heterocycles. The van der Waals surface area contributed by atoms with Crippen molar-refractivity contribution in [3.8, 4) is 0 Å². The Morgan fingerprint density at radius 3 is 2.08 bits per heavy atom. The van der Waals surface area contributed by atoms with Gasteiger partial charge in [-0.1, -0.05) is 67.6 Å². The second kappa shape index (κ2) is 9.02. The molecular weight excluding hydrogens is 314 g/mol. The van der Waals surface area contributed by atoms with Crippen molar-refractivity contribution in [1.29, 1.82) is 0 Å². The first kappa shape index (κ1) is 18.7. The normalized spacial score (nSPS) is 12.9. The van der Waals surface area contributed by atoms with Crippen molar-refractivity contribution in [3.05, 3.63) is 71.8 Å². The zero-order valence-electron chi connectivity index (χ0n) is 15.0. The molecule has 0 radical (unpaired) electrons. The van der Waals surface area contributed by atoms with E-state index < -0.39 is 0 Å². The van der Waals surface area contributed by atoms with Gasteiger partial charge in [-0.3, -0.25) is 9.59 Å². The molecule has 0 N–H and O–H groups in total. The first-order chi connectivity index (χ1) is 12.0. The van der Waals surface area contributed by atoms with Gasteiger partial charge in [0.05, 0.1) is 25.5 Å². The van der Waals surface area contributed by atoms with Gasteiger partial charge in [0.25, 0.3) is 0 Å². The van der Waals surface area contributed by atoms with E-state index >= 15 is 0 Å². The molecule has 0 heterocycles. The van der Waals surface area contributed by atoms with Gasteiger partial charge in [-0.15, -0.1) is 0 Å². The Bertz CT molecular complexity index is 685. The maximum atomic E-state index is 12.9. The van der Waals surface area contributed by atoms with E-state index in [0.29, 0.717) is 13.0 Å². The van der Waals surface area contributed by atoms with E-state index in [2.05, 4.69) is 0 Å². The number of hydrogen-bond donors (Lipinski definition) is 0. The van der Waals surface area contributed by atoms with Crippen LogP contribution in [0.2, 0.25) is 0 Å². The predicted molar refractivity (Wildman–Crippen MR) is 97.9 cm³/mol. The van der Waals surface area contributed by atoms with E-state index in [1.165, 1.54) is 7.11 Å². The lowest BCUT2D eigenvalue weighted by molar-refractivity contribution is -0.147. The Kier molecular flexibility index (Phi) is 6.75. The van der Waals surface area contributed by atoms with E-state index in [-0.39, 0.29) is 23.8 Å². The molecule has 4 nitrogen and oxygen atoms in total. The topological polar surface area (TPSA) is 46.6 Å². The van der Waals surface area contributed by atoms with Crippen LogP contribution in [0.1, 0.15) is 31.0 Å². The molecule has 2 rings (SSSR count). The van der Waals surface area contributed by atoms with E-state index in [4.69, 9.17) is 4.74 Å². The molecular formula is C21H25NO3. The molecule has 2 unspecified atom stereocenters. The molecule has 0 saturated carbocycles. The molecule has 0 aliphatic carbocycles. The smallest absolute Gasteiger partial charge is 0.310 e. The van der Waals surface area contributed by atoms with Gasteiger partial charge in [0.15, 0.2) is 0 Å². The summed E-state index contributed by atoms with van der Waals surface area (Å²) >= 11 is 0. The van der Waals surface area contributed by atoms with Gasteiger partial charge in [0.2, 0.25) is 5.91 Å². The van der Waals surface area contributed by atoms with Crippen LogP contribution in [-0.4, -0.2) is 30.4 Å². The minimum absolute atomic E-state index is 0.00157. The van der Waals surface area contributed by atoms with E-state index in [9.17, 15) is 9.59 Å². The molecule has 2 atom stereocenters. The SMILES string of the molecule is COC(=O)C(C)CN(C(=O)Cc1ccccc1)C(C)c1ccccc1. The van der Waals surface area contributed by atoms with Gasteiger partial charge in [0, 0.05) is 6.54 Å². The van der Waals surface area contributed by atoms with Crippen molar-refractivity contribution >= 4 is 11.9 Å². The summed E-state index contributed by atoms with van der Waals surface area (Å²) in [4.78, 5) is 26.5. The number of amides is 1. The largest absolute Gasteiger partial charge is 0.469 e. The van der Waals surface area contributed by atoms with Crippen molar-refractivity contribution in [3.63, 3.8) is 0 Å². The fourth-order valence-electron chi connectivity index (χ4n) is 2.83. The molecule has 0 aliphatic rings. The summed E-state index contributed by atoms with van der Waals surface area (Å²) in [5.74, 6) is -0.688. The van der Waals surface area contributed by atoms with Crippen LogP contribution in [0.4, 0.5) is 0 Å². The maximum Gasteiger partial charge on any atom is 0.310 e. The second-order valence-corrected chi connectivity index (χ2v) is 6.22.